The van der Waals surface area contributed by atoms with Crippen molar-refractivity contribution >= 4 is 23.5 Å². The summed E-state index contributed by atoms with van der Waals surface area (Å²) in [6, 6.07) is 7.31. The van der Waals surface area contributed by atoms with Crippen LogP contribution in [0, 0.1) is 5.92 Å². The van der Waals surface area contributed by atoms with Crippen molar-refractivity contribution in [1.29, 1.82) is 0 Å². The van der Waals surface area contributed by atoms with Gasteiger partial charge in [0.05, 0.1) is 7.11 Å². The molecule has 3 rings (SSSR count). The molecule has 1 unspecified atom stereocenters. The molecule has 7 nitrogen and oxygen atoms in total. The highest BCUT2D eigenvalue weighted by Crippen LogP contribution is 2.30. The highest BCUT2D eigenvalue weighted by Gasteiger charge is 2.39. The lowest BCUT2D eigenvalue weighted by molar-refractivity contribution is -0.120. The number of carbonyl (C=O) groups excluding carboxylic acids is 2. The number of aliphatic imine (C=N–C) groups is 2. The maximum absolute atomic E-state index is 12.2. The molecule has 2 aliphatic rings. The van der Waals surface area contributed by atoms with Crippen LogP contribution in [0.2, 0.25) is 0 Å². The Hall–Kier alpha value is -2.96. The van der Waals surface area contributed by atoms with Gasteiger partial charge in [0.25, 0.3) is 11.8 Å². The van der Waals surface area contributed by atoms with Crippen LogP contribution in [0.3, 0.4) is 0 Å². The summed E-state index contributed by atoms with van der Waals surface area (Å²) in [5, 5.41) is 2.69. The molecule has 0 aromatic heterocycles. The summed E-state index contributed by atoms with van der Waals surface area (Å²) < 4.78 is 10.6. The number of amides is 2. The standard InChI is InChI=1S/C17H17N3O4/c1-9-10(2)24-17-13(9)15(21)19-14(20-17)16(22)18-8-11-5-4-6-12(7-11)23-3/h4-7,13H,8H2,1-3H3,(H,18,22). The van der Waals surface area contributed by atoms with Gasteiger partial charge in [-0.25, -0.2) is 0 Å². The van der Waals surface area contributed by atoms with E-state index in [1.54, 1.807) is 21.0 Å². The number of rotatable bonds is 4. The van der Waals surface area contributed by atoms with Crippen LogP contribution in [-0.2, 0) is 20.9 Å². The minimum absolute atomic E-state index is 0.184. The van der Waals surface area contributed by atoms with Crippen molar-refractivity contribution < 1.29 is 19.1 Å². The van der Waals surface area contributed by atoms with Crippen LogP contribution >= 0.6 is 0 Å². The second kappa shape index (κ2) is 6.27. The minimum atomic E-state index is -0.597. The number of amidine groups is 1. The van der Waals surface area contributed by atoms with Gasteiger partial charge in [0.2, 0.25) is 11.7 Å². The Labute approximate surface area is 139 Å². The van der Waals surface area contributed by atoms with E-state index in [4.69, 9.17) is 9.47 Å². The van der Waals surface area contributed by atoms with E-state index >= 15 is 0 Å². The van der Waals surface area contributed by atoms with Gasteiger partial charge >= 0.3 is 0 Å². The van der Waals surface area contributed by atoms with Gasteiger partial charge in [-0.1, -0.05) is 12.1 Å². The van der Waals surface area contributed by atoms with Gasteiger partial charge in [0, 0.05) is 6.54 Å². The van der Waals surface area contributed by atoms with Crippen molar-refractivity contribution in [3.05, 3.63) is 41.2 Å². The molecule has 24 heavy (non-hydrogen) atoms. The van der Waals surface area contributed by atoms with E-state index in [1.165, 1.54) is 0 Å². The summed E-state index contributed by atoms with van der Waals surface area (Å²) in [6.07, 6.45) is 0. The van der Waals surface area contributed by atoms with Gasteiger partial charge in [-0.2, -0.15) is 9.98 Å². The molecular weight excluding hydrogens is 310 g/mol. The smallest absolute Gasteiger partial charge is 0.289 e. The van der Waals surface area contributed by atoms with Crippen molar-refractivity contribution in [2.45, 2.75) is 20.4 Å². The largest absolute Gasteiger partial charge is 0.497 e. The maximum atomic E-state index is 12.2. The van der Waals surface area contributed by atoms with Gasteiger partial charge in [-0.05, 0) is 37.1 Å². The van der Waals surface area contributed by atoms with Crippen LogP contribution in [-0.4, -0.2) is 30.7 Å². The molecule has 1 atom stereocenters. The lowest BCUT2D eigenvalue weighted by Crippen LogP contribution is -2.35. The van der Waals surface area contributed by atoms with Crippen molar-refractivity contribution in [2.75, 3.05) is 7.11 Å². The number of hydrogen-bond acceptors (Lipinski definition) is 5. The summed E-state index contributed by atoms with van der Waals surface area (Å²) in [6.45, 7) is 3.82. The molecule has 2 amide bonds. The SMILES string of the molecule is COc1cccc(CNC(=O)C2=NC(=O)C3C(=N2)OC(C)=C3C)c1. The highest BCUT2D eigenvalue weighted by molar-refractivity contribution is 6.43. The number of ether oxygens (including phenoxy) is 2. The third-order valence-electron chi connectivity index (χ3n) is 3.96. The Balaban J connectivity index is 1.69. The van der Waals surface area contributed by atoms with E-state index in [9.17, 15) is 9.59 Å². The molecular formula is C17H17N3O4. The van der Waals surface area contributed by atoms with Crippen molar-refractivity contribution in [3.63, 3.8) is 0 Å². The monoisotopic (exact) mass is 327 g/mol. The summed E-state index contributed by atoms with van der Waals surface area (Å²) >= 11 is 0. The summed E-state index contributed by atoms with van der Waals surface area (Å²) in [5.74, 6) is -0.191. The molecule has 0 saturated heterocycles. The van der Waals surface area contributed by atoms with Crippen LogP contribution in [0.5, 0.6) is 5.75 Å². The Morgan fingerprint density at radius 2 is 2.12 bits per heavy atom. The first-order chi connectivity index (χ1) is 11.5. The number of carbonyl (C=O) groups is 2. The fraction of sp³-hybridized carbons (Fsp3) is 0.294. The van der Waals surface area contributed by atoms with E-state index < -0.39 is 17.7 Å². The predicted octanol–water partition coefficient (Wildman–Crippen LogP) is 1.59. The topological polar surface area (TPSA) is 89.3 Å². The number of allylic oxidation sites excluding steroid dienone is 1. The van der Waals surface area contributed by atoms with E-state index in [0.717, 1.165) is 11.1 Å². The minimum Gasteiger partial charge on any atom is -0.497 e. The normalized spacial score (nSPS) is 19.3. The number of hydrogen-bond donors (Lipinski definition) is 1. The summed E-state index contributed by atoms with van der Waals surface area (Å²) in [7, 11) is 1.58. The van der Waals surface area contributed by atoms with Crippen molar-refractivity contribution in [2.24, 2.45) is 15.9 Å². The molecule has 0 aliphatic carbocycles. The second-order valence-corrected chi connectivity index (χ2v) is 5.53. The quantitative estimate of drug-likeness (QED) is 0.909. The third-order valence-corrected chi connectivity index (χ3v) is 3.96. The molecule has 2 aliphatic heterocycles. The number of methoxy groups -OCH3 is 1. The summed E-state index contributed by atoms with van der Waals surface area (Å²) in [4.78, 5) is 32.2. The zero-order chi connectivity index (χ0) is 17.3. The molecule has 0 fully saturated rings. The lowest BCUT2D eigenvalue weighted by atomic mass is 10.00. The van der Waals surface area contributed by atoms with E-state index in [1.807, 2.05) is 24.3 Å². The first-order valence-electron chi connectivity index (χ1n) is 7.47. The molecule has 0 bridgehead atoms. The first-order valence-corrected chi connectivity index (χ1v) is 7.47. The zero-order valence-electron chi connectivity index (χ0n) is 13.6. The van der Waals surface area contributed by atoms with Crippen LogP contribution in [0.25, 0.3) is 0 Å². The Morgan fingerprint density at radius 3 is 2.88 bits per heavy atom. The molecule has 0 spiro atoms. The molecule has 1 N–H and O–H groups in total. The van der Waals surface area contributed by atoms with Crippen molar-refractivity contribution in [1.82, 2.24) is 5.32 Å². The van der Waals surface area contributed by atoms with Gasteiger partial charge in [-0.15, -0.1) is 0 Å². The van der Waals surface area contributed by atoms with E-state index in [0.29, 0.717) is 11.5 Å². The molecule has 1 aromatic carbocycles. The molecule has 0 radical (unpaired) electrons. The van der Waals surface area contributed by atoms with Crippen molar-refractivity contribution in [3.8, 4) is 5.75 Å². The number of nitrogens with one attached hydrogen (secondary N) is 1. The molecule has 124 valence electrons. The fourth-order valence-electron chi connectivity index (χ4n) is 2.51. The fourth-order valence-corrected chi connectivity index (χ4v) is 2.51. The third kappa shape index (κ3) is 2.92. The first kappa shape index (κ1) is 15.9. The number of benzene rings is 1. The Morgan fingerprint density at radius 1 is 1.33 bits per heavy atom. The van der Waals surface area contributed by atoms with Crippen LogP contribution < -0.4 is 10.1 Å². The number of fused-ring (bicyclic) bond motifs is 1. The molecule has 1 aromatic rings. The second-order valence-electron chi connectivity index (χ2n) is 5.53. The maximum Gasteiger partial charge on any atom is 0.289 e. The zero-order valence-corrected chi connectivity index (χ0v) is 13.6. The molecule has 7 heteroatoms. The van der Waals surface area contributed by atoms with Gasteiger partial charge in [-0.3, -0.25) is 9.59 Å². The number of nitrogens with zero attached hydrogens (tertiary/aromatic N) is 2. The van der Waals surface area contributed by atoms with E-state index in [2.05, 4.69) is 15.3 Å². The van der Waals surface area contributed by atoms with Crippen LogP contribution in [0.4, 0.5) is 0 Å². The van der Waals surface area contributed by atoms with Crippen LogP contribution in [0.15, 0.2) is 45.6 Å². The predicted molar refractivity (Wildman–Crippen MR) is 87.7 cm³/mol. The summed E-state index contributed by atoms with van der Waals surface area (Å²) in [5.41, 5.74) is 1.64. The van der Waals surface area contributed by atoms with E-state index in [-0.39, 0.29) is 18.3 Å². The van der Waals surface area contributed by atoms with Gasteiger partial charge in [0.1, 0.15) is 17.4 Å². The Bertz CT molecular complexity index is 808. The molecule has 2 heterocycles. The highest BCUT2D eigenvalue weighted by atomic mass is 16.5. The molecule has 0 saturated carbocycles. The average Bonchev–Trinajstić information content (AvgIpc) is 2.87. The average molecular weight is 327 g/mol. The van der Waals surface area contributed by atoms with Crippen LogP contribution in [0.1, 0.15) is 19.4 Å². The van der Waals surface area contributed by atoms with Gasteiger partial charge in [0.15, 0.2) is 0 Å². The van der Waals surface area contributed by atoms with Gasteiger partial charge < -0.3 is 14.8 Å². The lowest BCUT2D eigenvalue weighted by Gasteiger charge is -2.13. The Kier molecular flexibility index (Phi) is 4.16.